The minimum absolute atomic E-state index is 0.0311. The molecule has 0 bridgehead atoms. The van der Waals surface area contributed by atoms with Crippen molar-refractivity contribution in [2.75, 3.05) is 26.2 Å². The highest BCUT2D eigenvalue weighted by Crippen LogP contribution is 2.14. The van der Waals surface area contributed by atoms with E-state index in [2.05, 4.69) is 27.1 Å². The maximum atomic E-state index is 12.1. The molecule has 182 valence electrons. The van der Waals surface area contributed by atoms with E-state index in [1.807, 2.05) is 37.3 Å². The van der Waals surface area contributed by atoms with Gasteiger partial charge in [0.1, 0.15) is 6.54 Å². The number of rotatable bonds is 10. The third-order valence-electron chi connectivity index (χ3n) is 5.50. The molecule has 0 spiro atoms. The Labute approximate surface area is 201 Å². The van der Waals surface area contributed by atoms with Crippen LogP contribution in [-0.4, -0.2) is 57.5 Å². The number of amides is 1. The molecule has 1 amide bonds. The first kappa shape index (κ1) is 25.6. The van der Waals surface area contributed by atoms with Crippen molar-refractivity contribution in [3.63, 3.8) is 0 Å². The lowest BCUT2D eigenvalue weighted by Gasteiger charge is -2.32. The first-order valence-corrected chi connectivity index (χ1v) is 12.8. The zero-order valence-electron chi connectivity index (χ0n) is 19.3. The molecule has 34 heavy (non-hydrogen) atoms. The van der Waals surface area contributed by atoms with E-state index in [4.69, 9.17) is 4.74 Å². The summed E-state index contributed by atoms with van der Waals surface area (Å²) in [7, 11) is -3.81. The van der Waals surface area contributed by atoms with Crippen molar-refractivity contribution in [2.45, 2.75) is 32.4 Å². The molecule has 2 aromatic rings. The van der Waals surface area contributed by atoms with Gasteiger partial charge in [0.05, 0.1) is 0 Å². The molecule has 1 aliphatic heterocycles. The maximum absolute atomic E-state index is 12.1. The quantitative estimate of drug-likeness (QED) is 0.500. The highest BCUT2D eigenvalue weighted by atomic mass is 32.2. The summed E-state index contributed by atoms with van der Waals surface area (Å²) in [4.78, 5) is 26.3. The van der Waals surface area contributed by atoms with Crippen LogP contribution in [0.5, 0.6) is 0 Å². The van der Waals surface area contributed by atoms with E-state index in [1.165, 1.54) is 11.6 Å². The van der Waals surface area contributed by atoms with E-state index >= 15 is 0 Å². The van der Waals surface area contributed by atoms with Crippen molar-refractivity contribution in [1.82, 2.24) is 14.9 Å². The van der Waals surface area contributed by atoms with Gasteiger partial charge in [0.25, 0.3) is 5.91 Å². The van der Waals surface area contributed by atoms with Gasteiger partial charge in [-0.1, -0.05) is 60.2 Å². The Morgan fingerprint density at radius 2 is 1.74 bits per heavy atom. The monoisotopic (exact) mass is 485 g/mol. The van der Waals surface area contributed by atoms with Crippen LogP contribution in [0, 0.1) is 6.92 Å². The number of piperidine rings is 1. The van der Waals surface area contributed by atoms with Crippen LogP contribution in [0.4, 0.5) is 0 Å². The molecule has 1 aliphatic rings. The van der Waals surface area contributed by atoms with E-state index in [9.17, 15) is 18.0 Å². The molecule has 0 atom stereocenters. The minimum atomic E-state index is -3.81. The van der Waals surface area contributed by atoms with Gasteiger partial charge in [-0.15, -0.1) is 0 Å². The van der Waals surface area contributed by atoms with Crippen LogP contribution in [0.1, 0.15) is 29.5 Å². The summed E-state index contributed by atoms with van der Waals surface area (Å²) in [6.07, 6.45) is 3.07. The van der Waals surface area contributed by atoms with Gasteiger partial charge in [0.2, 0.25) is 10.0 Å². The van der Waals surface area contributed by atoms with Crippen LogP contribution in [0.15, 0.2) is 60.0 Å². The molecule has 0 saturated carbocycles. The molecule has 8 nitrogen and oxygen atoms in total. The highest BCUT2D eigenvalue weighted by Gasteiger charge is 2.21. The number of aryl methyl sites for hydroxylation is 1. The maximum Gasteiger partial charge on any atom is 0.321 e. The number of carbonyl (C=O) groups excluding carboxylic acids is 2. The third-order valence-corrected chi connectivity index (χ3v) is 6.54. The Morgan fingerprint density at radius 1 is 1.06 bits per heavy atom. The van der Waals surface area contributed by atoms with Gasteiger partial charge in [-0.25, -0.2) is 13.1 Å². The second kappa shape index (κ2) is 12.5. The topological polar surface area (TPSA) is 105 Å². The van der Waals surface area contributed by atoms with Crippen LogP contribution in [0.25, 0.3) is 6.08 Å². The minimum Gasteiger partial charge on any atom is -0.455 e. The molecule has 2 N–H and O–H groups in total. The number of sulfonamides is 1. The summed E-state index contributed by atoms with van der Waals surface area (Å²) in [5, 5.41) is 3.87. The van der Waals surface area contributed by atoms with Crippen molar-refractivity contribution >= 4 is 28.0 Å². The van der Waals surface area contributed by atoms with Crippen LogP contribution < -0.4 is 10.0 Å². The molecule has 3 rings (SSSR count). The Bertz CT molecular complexity index is 1080. The first-order valence-electron chi connectivity index (χ1n) is 11.2. The Balaban J connectivity index is 1.31. The normalized spacial score (nSPS) is 15.3. The number of likely N-dealkylation sites (tertiary alicyclic amines) is 1. The predicted molar refractivity (Wildman–Crippen MR) is 131 cm³/mol. The summed E-state index contributed by atoms with van der Waals surface area (Å²) in [5.74, 6) is -1.21. The van der Waals surface area contributed by atoms with E-state index in [-0.39, 0.29) is 6.04 Å². The zero-order valence-corrected chi connectivity index (χ0v) is 20.1. The molecular weight excluding hydrogens is 454 g/mol. The largest absolute Gasteiger partial charge is 0.455 e. The van der Waals surface area contributed by atoms with Crippen LogP contribution in [0.3, 0.4) is 0 Å². The van der Waals surface area contributed by atoms with Gasteiger partial charge in [-0.05, 0) is 37.0 Å². The highest BCUT2D eigenvalue weighted by molar-refractivity contribution is 7.92. The second-order valence-electron chi connectivity index (χ2n) is 8.34. The molecule has 2 aromatic carbocycles. The van der Waals surface area contributed by atoms with Gasteiger partial charge in [0, 0.05) is 31.1 Å². The summed E-state index contributed by atoms with van der Waals surface area (Å²) < 4.78 is 31.1. The summed E-state index contributed by atoms with van der Waals surface area (Å²) in [5.41, 5.74) is 3.05. The molecule has 1 saturated heterocycles. The number of esters is 1. The van der Waals surface area contributed by atoms with Crippen LogP contribution in [-0.2, 0) is 30.9 Å². The average Bonchev–Trinajstić information content (AvgIpc) is 2.83. The van der Waals surface area contributed by atoms with Crippen molar-refractivity contribution in [1.29, 1.82) is 0 Å². The summed E-state index contributed by atoms with van der Waals surface area (Å²) in [6.45, 7) is 3.58. The SMILES string of the molecule is Cc1ccc(/C=C/S(=O)(=O)NCC(=O)OCC(=O)NC2CCN(Cc3ccccc3)CC2)cc1. The van der Waals surface area contributed by atoms with Gasteiger partial charge < -0.3 is 10.1 Å². The molecule has 0 aliphatic carbocycles. The summed E-state index contributed by atoms with van der Waals surface area (Å²) in [6, 6.07) is 17.6. The number of nitrogens with zero attached hydrogens (tertiary/aromatic N) is 1. The average molecular weight is 486 g/mol. The van der Waals surface area contributed by atoms with E-state index in [0.717, 1.165) is 49.0 Å². The van der Waals surface area contributed by atoms with Crippen molar-refractivity contribution < 1.29 is 22.7 Å². The lowest BCUT2D eigenvalue weighted by molar-refractivity contribution is -0.147. The molecule has 0 aromatic heterocycles. The predicted octanol–water partition coefficient (Wildman–Crippen LogP) is 2.21. The first-order chi connectivity index (χ1) is 16.3. The van der Waals surface area contributed by atoms with Crippen molar-refractivity contribution in [3.05, 3.63) is 76.7 Å². The third kappa shape index (κ3) is 9.09. The Hall–Kier alpha value is -3.01. The Kier molecular flexibility index (Phi) is 9.38. The molecular formula is C25H31N3O5S. The number of carbonyl (C=O) groups is 2. The fourth-order valence-corrected chi connectivity index (χ4v) is 4.35. The van der Waals surface area contributed by atoms with Gasteiger partial charge in [-0.2, -0.15) is 0 Å². The molecule has 1 fully saturated rings. The summed E-state index contributed by atoms with van der Waals surface area (Å²) >= 11 is 0. The zero-order chi connectivity index (χ0) is 24.4. The number of hydrogen-bond donors (Lipinski definition) is 2. The lowest BCUT2D eigenvalue weighted by atomic mass is 10.0. The number of benzene rings is 2. The fourth-order valence-electron chi connectivity index (χ4n) is 3.60. The second-order valence-corrected chi connectivity index (χ2v) is 9.99. The van der Waals surface area contributed by atoms with Gasteiger partial charge in [-0.3, -0.25) is 14.5 Å². The molecule has 9 heteroatoms. The number of nitrogens with one attached hydrogen (secondary N) is 2. The van der Waals surface area contributed by atoms with E-state index < -0.39 is 35.1 Å². The van der Waals surface area contributed by atoms with E-state index in [1.54, 1.807) is 12.1 Å². The number of hydrogen-bond acceptors (Lipinski definition) is 6. The molecule has 0 radical (unpaired) electrons. The van der Waals surface area contributed by atoms with Crippen LogP contribution in [0.2, 0.25) is 0 Å². The van der Waals surface area contributed by atoms with Crippen molar-refractivity contribution in [3.8, 4) is 0 Å². The standard InChI is InChI=1S/C25H31N3O5S/c1-20-7-9-21(10-8-20)13-16-34(31,32)26-17-25(30)33-19-24(29)27-23-11-14-28(15-12-23)18-22-5-3-2-4-6-22/h2-10,13,16,23,26H,11-12,14-15,17-19H2,1H3,(H,27,29)/b16-13+. The van der Waals surface area contributed by atoms with Gasteiger partial charge in [0.15, 0.2) is 6.61 Å². The van der Waals surface area contributed by atoms with E-state index in [0.29, 0.717) is 0 Å². The molecule has 0 unspecified atom stereocenters. The fraction of sp³-hybridized carbons (Fsp3) is 0.360. The van der Waals surface area contributed by atoms with Crippen LogP contribution >= 0.6 is 0 Å². The molecule has 1 heterocycles. The lowest BCUT2D eigenvalue weighted by Crippen LogP contribution is -2.45. The van der Waals surface area contributed by atoms with Crippen molar-refractivity contribution in [2.24, 2.45) is 0 Å². The Morgan fingerprint density at radius 3 is 2.41 bits per heavy atom. The van der Waals surface area contributed by atoms with Gasteiger partial charge >= 0.3 is 5.97 Å². The number of ether oxygens (including phenoxy) is 1. The smallest absolute Gasteiger partial charge is 0.321 e.